The number of nitrogens with two attached hydrogens (primary N) is 1. The van der Waals surface area contributed by atoms with Gasteiger partial charge >= 0.3 is 11.8 Å². The van der Waals surface area contributed by atoms with Gasteiger partial charge in [0.25, 0.3) is 0 Å². The highest BCUT2D eigenvalue weighted by molar-refractivity contribution is 6.31. The fourth-order valence-electron chi connectivity index (χ4n) is 4.19. The predicted octanol–water partition coefficient (Wildman–Crippen LogP) is 5.43. The molecule has 1 heterocycles. The van der Waals surface area contributed by atoms with Gasteiger partial charge in [0, 0.05) is 33.5 Å². The van der Waals surface area contributed by atoms with Crippen molar-refractivity contribution in [2.75, 3.05) is 6.61 Å². The molecule has 0 aliphatic heterocycles. The molecule has 1 atom stereocenters. The van der Waals surface area contributed by atoms with Gasteiger partial charge in [0.05, 0.1) is 6.54 Å². The van der Waals surface area contributed by atoms with E-state index in [0.29, 0.717) is 33.2 Å². The average Bonchev–Trinajstić information content (AvgIpc) is 3.21. The maximum Gasteiger partial charge on any atom is 0.404 e. The molecule has 4 rings (SSSR count). The molecular weight excluding hydrogens is 546 g/mol. The summed E-state index contributed by atoms with van der Waals surface area (Å²) >= 11 is 12.3. The van der Waals surface area contributed by atoms with Crippen LogP contribution in [-0.4, -0.2) is 32.8 Å². The Hall–Kier alpha value is -3.95. The van der Waals surface area contributed by atoms with Crippen LogP contribution in [0, 0.1) is 5.82 Å². The Kier molecular flexibility index (Phi) is 9.16. The van der Waals surface area contributed by atoms with Gasteiger partial charge in [-0.05, 0) is 48.4 Å². The lowest BCUT2D eigenvalue weighted by atomic mass is 9.94. The number of halogens is 3. The van der Waals surface area contributed by atoms with Crippen molar-refractivity contribution in [2.45, 2.75) is 31.8 Å². The molecule has 2 N–H and O–H groups in total. The summed E-state index contributed by atoms with van der Waals surface area (Å²) in [7, 11) is 0. The Labute approximate surface area is 233 Å². The van der Waals surface area contributed by atoms with Crippen molar-refractivity contribution in [3.8, 4) is 11.4 Å². The van der Waals surface area contributed by atoms with E-state index in [1.807, 2.05) is 0 Å². The number of nitrogens with zero attached hydrogens (tertiary/aromatic N) is 3. The van der Waals surface area contributed by atoms with Crippen molar-refractivity contribution < 1.29 is 18.7 Å². The quantitative estimate of drug-likeness (QED) is 0.258. The van der Waals surface area contributed by atoms with Crippen molar-refractivity contribution >= 4 is 35.1 Å². The van der Waals surface area contributed by atoms with Gasteiger partial charge in [-0.15, -0.1) is 5.10 Å². The number of hydrogen-bond acceptors (Lipinski definition) is 5. The Balaban J connectivity index is 1.57. The molecule has 0 fully saturated rings. The van der Waals surface area contributed by atoms with Crippen LogP contribution in [-0.2, 0) is 22.6 Å². The maximum absolute atomic E-state index is 14.4. The molecule has 0 aliphatic carbocycles. The second-order valence-corrected chi connectivity index (χ2v) is 9.72. The highest BCUT2D eigenvalue weighted by Crippen LogP contribution is 2.29. The molecule has 0 aliphatic rings. The number of benzene rings is 3. The smallest absolute Gasteiger partial charge is 0.404 e. The van der Waals surface area contributed by atoms with Crippen molar-refractivity contribution in [1.29, 1.82) is 0 Å². The first-order chi connectivity index (χ1) is 18.7. The van der Waals surface area contributed by atoms with Crippen molar-refractivity contribution in [3.05, 3.63) is 110 Å². The molecular formula is C28H25Cl2FN4O4. The molecule has 4 aromatic rings. The molecule has 39 heavy (non-hydrogen) atoms. The third-order valence-corrected chi connectivity index (χ3v) is 6.78. The summed E-state index contributed by atoms with van der Waals surface area (Å²) in [6.07, 6.45) is -0.578. The SMILES string of the molecule is NC(=O)OCC(CCC(=O)Cn1nc(-c2ccc(Cl)cc2)n(Cc2ccccc2F)c1=O)c1ccccc1Cl. The first-order valence-electron chi connectivity index (χ1n) is 12.1. The number of ketones is 1. The standard InChI is InChI=1S/C28H25Cl2FN4O4/c29-21-12-9-18(10-13-21)26-33-35(28(38)34(26)15-19-5-1-4-8-25(19)31)16-22(36)14-11-20(17-39-27(32)37)23-6-2-3-7-24(23)30/h1-10,12-13,20H,11,14-17H2,(H2,32,37). The van der Waals surface area contributed by atoms with Gasteiger partial charge < -0.3 is 10.5 Å². The summed E-state index contributed by atoms with van der Waals surface area (Å²) in [4.78, 5) is 37.5. The third kappa shape index (κ3) is 7.13. The van der Waals surface area contributed by atoms with Crippen LogP contribution < -0.4 is 11.4 Å². The number of rotatable bonds is 11. The number of hydrogen-bond donors (Lipinski definition) is 1. The van der Waals surface area contributed by atoms with Crippen LogP contribution in [0.4, 0.5) is 9.18 Å². The lowest BCUT2D eigenvalue weighted by molar-refractivity contribution is -0.120. The zero-order valence-corrected chi connectivity index (χ0v) is 22.2. The van der Waals surface area contributed by atoms with Gasteiger partial charge in [-0.1, -0.05) is 59.6 Å². The van der Waals surface area contributed by atoms with E-state index >= 15 is 0 Å². The van der Waals surface area contributed by atoms with Gasteiger partial charge in [-0.3, -0.25) is 9.36 Å². The van der Waals surface area contributed by atoms with Crippen LogP contribution in [0.3, 0.4) is 0 Å². The van der Waals surface area contributed by atoms with Gasteiger partial charge in [0.2, 0.25) is 0 Å². The van der Waals surface area contributed by atoms with Crippen molar-refractivity contribution in [1.82, 2.24) is 14.3 Å². The molecule has 1 amide bonds. The Morgan fingerprint density at radius 2 is 1.69 bits per heavy atom. The Bertz CT molecular complexity index is 1540. The minimum absolute atomic E-state index is 0.0513. The predicted molar refractivity (Wildman–Crippen MR) is 146 cm³/mol. The van der Waals surface area contributed by atoms with E-state index in [1.165, 1.54) is 10.6 Å². The number of carbonyl (C=O) groups excluding carboxylic acids is 2. The number of aromatic nitrogens is 3. The third-order valence-electron chi connectivity index (χ3n) is 6.18. The van der Waals surface area contributed by atoms with Crippen LogP contribution in [0.2, 0.25) is 10.0 Å². The molecule has 11 heteroatoms. The molecule has 0 saturated heterocycles. The van der Waals surface area contributed by atoms with Gasteiger partial charge in [-0.25, -0.2) is 18.7 Å². The fourth-order valence-corrected chi connectivity index (χ4v) is 4.61. The van der Waals surface area contributed by atoms with E-state index in [1.54, 1.807) is 66.7 Å². The Morgan fingerprint density at radius 1 is 1.00 bits per heavy atom. The minimum Gasteiger partial charge on any atom is -0.449 e. The van der Waals surface area contributed by atoms with E-state index in [0.717, 1.165) is 4.68 Å². The van der Waals surface area contributed by atoms with E-state index in [4.69, 9.17) is 33.7 Å². The summed E-state index contributed by atoms with van der Waals surface area (Å²) in [5.74, 6) is -0.836. The molecule has 3 aromatic carbocycles. The van der Waals surface area contributed by atoms with Gasteiger partial charge in [0.1, 0.15) is 19.0 Å². The highest BCUT2D eigenvalue weighted by Gasteiger charge is 2.21. The molecule has 0 radical (unpaired) electrons. The second-order valence-electron chi connectivity index (χ2n) is 8.87. The summed E-state index contributed by atoms with van der Waals surface area (Å²) in [5, 5.41) is 5.38. The lowest BCUT2D eigenvalue weighted by Crippen LogP contribution is -2.28. The number of ether oxygens (including phenoxy) is 1. The Morgan fingerprint density at radius 3 is 2.38 bits per heavy atom. The van der Waals surface area contributed by atoms with Crippen molar-refractivity contribution in [2.24, 2.45) is 5.73 Å². The molecule has 0 saturated carbocycles. The molecule has 0 bridgehead atoms. The lowest BCUT2D eigenvalue weighted by Gasteiger charge is -2.17. The number of primary amides is 1. The highest BCUT2D eigenvalue weighted by atomic mass is 35.5. The topological polar surface area (TPSA) is 109 Å². The first-order valence-corrected chi connectivity index (χ1v) is 12.8. The van der Waals surface area contributed by atoms with Gasteiger partial charge in [0.15, 0.2) is 11.6 Å². The van der Waals surface area contributed by atoms with E-state index in [2.05, 4.69) is 5.10 Å². The zero-order chi connectivity index (χ0) is 27.9. The molecule has 0 spiro atoms. The molecule has 1 unspecified atom stereocenters. The normalized spacial score (nSPS) is 11.8. The van der Waals surface area contributed by atoms with E-state index in [9.17, 15) is 18.8 Å². The largest absolute Gasteiger partial charge is 0.449 e. The van der Waals surface area contributed by atoms with E-state index < -0.39 is 17.6 Å². The molecule has 8 nitrogen and oxygen atoms in total. The fraction of sp³-hybridized carbons (Fsp3) is 0.214. The van der Waals surface area contributed by atoms with Crippen LogP contribution >= 0.6 is 23.2 Å². The maximum atomic E-state index is 14.4. The monoisotopic (exact) mass is 570 g/mol. The summed E-state index contributed by atoms with van der Waals surface area (Å²) in [6.45, 7) is -0.420. The van der Waals surface area contributed by atoms with Crippen LogP contribution in [0.5, 0.6) is 0 Å². The minimum atomic E-state index is -0.931. The van der Waals surface area contributed by atoms with E-state index in [-0.39, 0.29) is 43.6 Å². The number of Topliss-reactive ketones (excluding diaryl/α,β-unsaturated/α-hetero) is 1. The van der Waals surface area contributed by atoms with Crippen molar-refractivity contribution in [3.63, 3.8) is 0 Å². The van der Waals surface area contributed by atoms with Crippen LogP contribution in [0.25, 0.3) is 11.4 Å². The van der Waals surface area contributed by atoms with Gasteiger partial charge in [-0.2, -0.15) is 0 Å². The average molecular weight is 571 g/mol. The van der Waals surface area contributed by atoms with Crippen LogP contribution in [0.1, 0.15) is 29.9 Å². The summed E-state index contributed by atoms with van der Waals surface area (Å²) < 4.78 is 21.8. The zero-order valence-electron chi connectivity index (χ0n) is 20.7. The second kappa shape index (κ2) is 12.7. The summed E-state index contributed by atoms with van der Waals surface area (Å²) in [5.41, 5.74) is 6.17. The molecule has 202 valence electrons. The number of carbonyl (C=O) groups is 2. The number of amides is 1. The first kappa shape index (κ1) is 28.1. The summed E-state index contributed by atoms with van der Waals surface area (Å²) in [6, 6.07) is 19.9. The molecule has 1 aromatic heterocycles. The van der Waals surface area contributed by atoms with Crippen LogP contribution in [0.15, 0.2) is 77.6 Å².